The summed E-state index contributed by atoms with van der Waals surface area (Å²) in [5, 5.41) is 6.51. The Morgan fingerprint density at radius 1 is 0.833 bits per heavy atom. The van der Waals surface area contributed by atoms with Crippen molar-refractivity contribution in [2.24, 2.45) is 17.9 Å². The van der Waals surface area contributed by atoms with Crippen molar-refractivity contribution in [1.82, 2.24) is 0 Å². The quantitative estimate of drug-likeness (QED) is 0.173. The number of hydrogen-bond acceptors (Lipinski definition) is 2. The normalized spacial score (nSPS) is 13.4. The smallest absolute Gasteiger partial charge is 0.228 e. The molecular formula is C33H36NOS+. The number of benzene rings is 3. The number of aromatic nitrogens is 1. The zero-order valence-corrected chi connectivity index (χ0v) is 23.6. The predicted octanol–water partition coefficient (Wildman–Crippen LogP) is 9.29. The van der Waals surface area contributed by atoms with Crippen molar-refractivity contribution in [3.8, 4) is 22.8 Å². The van der Waals surface area contributed by atoms with Crippen molar-refractivity contribution < 1.29 is 9.30 Å². The lowest BCUT2D eigenvalue weighted by molar-refractivity contribution is -0.659. The lowest BCUT2D eigenvalue weighted by atomic mass is 9.81. The van der Waals surface area contributed by atoms with Gasteiger partial charge in [0.15, 0.2) is 11.9 Å². The molecule has 0 atom stereocenters. The molecule has 0 N–H and O–H groups in total. The van der Waals surface area contributed by atoms with Gasteiger partial charge in [-0.25, -0.2) is 4.57 Å². The molecule has 2 nitrogen and oxygen atoms in total. The van der Waals surface area contributed by atoms with Crippen LogP contribution in [-0.4, -0.2) is 0 Å². The third-order valence-electron chi connectivity index (χ3n) is 7.33. The van der Waals surface area contributed by atoms with E-state index in [-0.39, 0.29) is 10.8 Å². The second kappa shape index (κ2) is 7.79. The molecule has 1 aliphatic rings. The van der Waals surface area contributed by atoms with E-state index in [0.29, 0.717) is 0 Å². The third kappa shape index (κ3) is 3.71. The van der Waals surface area contributed by atoms with Gasteiger partial charge in [-0.1, -0.05) is 65.8 Å². The largest absolute Gasteiger partial charge is 0.454 e. The highest BCUT2D eigenvalue weighted by atomic mass is 32.1. The lowest BCUT2D eigenvalue weighted by Gasteiger charge is -2.28. The summed E-state index contributed by atoms with van der Waals surface area (Å²) >= 11 is 1.90. The Bertz CT molecular complexity index is 1690. The zero-order valence-electron chi connectivity index (χ0n) is 22.8. The maximum Gasteiger partial charge on any atom is 0.228 e. The summed E-state index contributed by atoms with van der Waals surface area (Å²) in [5.74, 6) is 2.15. The standard InChI is InChI=1S/C33H36NOS/c1-19-22-15-20-11-9-10-12-21(20)16-23(22)24(17-32(2,3)4)30-27(19)29-28-25(13-14-34(29)8)36-26(31(28)35-30)18-33(5,6)7/h9-16H,17-18H2,1-8H3/q+1. The fourth-order valence-electron chi connectivity index (χ4n) is 5.84. The van der Waals surface area contributed by atoms with Gasteiger partial charge in [0.2, 0.25) is 5.69 Å². The first-order valence-electron chi connectivity index (χ1n) is 13.0. The van der Waals surface area contributed by atoms with Gasteiger partial charge in [0.25, 0.3) is 0 Å². The first-order chi connectivity index (χ1) is 16.9. The first-order valence-corrected chi connectivity index (χ1v) is 13.8. The van der Waals surface area contributed by atoms with Gasteiger partial charge in [0, 0.05) is 16.5 Å². The highest BCUT2D eigenvalue weighted by Gasteiger charge is 2.36. The van der Waals surface area contributed by atoms with Crippen LogP contribution in [0.1, 0.15) is 57.5 Å². The van der Waals surface area contributed by atoms with Crippen LogP contribution < -0.4 is 9.30 Å². The molecule has 3 aromatic carbocycles. The number of aryl methyl sites for hydroxylation is 2. The Morgan fingerprint density at radius 3 is 2.11 bits per heavy atom. The Morgan fingerprint density at radius 2 is 1.47 bits per heavy atom. The van der Waals surface area contributed by atoms with E-state index < -0.39 is 0 Å². The zero-order chi connectivity index (χ0) is 25.6. The summed E-state index contributed by atoms with van der Waals surface area (Å²) in [5.41, 5.74) is 5.51. The summed E-state index contributed by atoms with van der Waals surface area (Å²) < 4.78 is 10.7. The van der Waals surface area contributed by atoms with E-state index in [4.69, 9.17) is 4.74 Å². The van der Waals surface area contributed by atoms with Crippen molar-refractivity contribution in [2.75, 3.05) is 0 Å². The minimum absolute atomic E-state index is 0.127. The maximum absolute atomic E-state index is 7.10. The number of nitrogens with zero attached hydrogens (tertiary/aromatic N) is 1. The Hall–Kier alpha value is -2.91. The van der Waals surface area contributed by atoms with Gasteiger partial charge in [-0.3, -0.25) is 0 Å². The summed E-state index contributed by atoms with van der Waals surface area (Å²) in [6.07, 6.45) is 4.19. The molecule has 0 aliphatic carbocycles. The topological polar surface area (TPSA) is 13.1 Å². The second-order valence-electron chi connectivity index (χ2n) is 13.0. The molecule has 0 amide bonds. The van der Waals surface area contributed by atoms with Crippen molar-refractivity contribution in [3.05, 3.63) is 64.7 Å². The number of ether oxygens (including phenoxy) is 1. The minimum Gasteiger partial charge on any atom is -0.454 e. The van der Waals surface area contributed by atoms with Crippen LogP contribution in [0.5, 0.6) is 11.5 Å². The molecule has 0 unspecified atom stereocenters. The molecule has 3 heterocycles. The molecule has 184 valence electrons. The molecule has 36 heavy (non-hydrogen) atoms. The molecule has 1 aliphatic heterocycles. The van der Waals surface area contributed by atoms with Crippen LogP contribution in [0.2, 0.25) is 0 Å². The SMILES string of the molecule is Cc1c2c(c(CC(C)(C)C)c3cc4ccccc4cc13)Oc1c(CC(C)(C)C)sc3cc[n+](C)c-2c13. The molecule has 6 rings (SSSR count). The molecule has 5 aromatic rings. The van der Waals surface area contributed by atoms with Gasteiger partial charge in [-0.2, -0.15) is 0 Å². The molecule has 0 bridgehead atoms. The fraction of sp³-hybridized carbons (Fsp3) is 0.364. The van der Waals surface area contributed by atoms with Gasteiger partial charge in [-0.15, -0.1) is 11.3 Å². The Labute approximate surface area is 218 Å². The monoisotopic (exact) mass is 494 g/mol. The van der Waals surface area contributed by atoms with Gasteiger partial charge in [0.05, 0.1) is 10.3 Å². The van der Waals surface area contributed by atoms with Crippen molar-refractivity contribution >= 4 is 43.0 Å². The van der Waals surface area contributed by atoms with E-state index in [1.807, 2.05) is 11.3 Å². The molecule has 0 saturated heterocycles. The van der Waals surface area contributed by atoms with E-state index in [9.17, 15) is 0 Å². The van der Waals surface area contributed by atoms with Crippen LogP contribution in [0.4, 0.5) is 0 Å². The lowest BCUT2D eigenvalue weighted by Crippen LogP contribution is -2.31. The van der Waals surface area contributed by atoms with Crippen molar-refractivity contribution in [1.29, 1.82) is 0 Å². The van der Waals surface area contributed by atoms with Crippen LogP contribution in [0.15, 0.2) is 48.7 Å². The van der Waals surface area contributed by atoms with Gasteiger partial charge in [-0.05, 0) is 69.8 Å². The summed E-state index contributed by atoms with van der Waals surface area (Å²) in [6.45, 7) is 16.2. The first kappa shape index (κ1) is 23.5. The van der Waals surface area contributed by atoms with Crippen LogP contribution in [0.25, 0.3) is 42.9 Å². The predicted molar refractivity (Wildman–Crippen MR) is 155 cm³/mol. The highest BCUT2D eigenvalue weighted by molar-refractivity contribution is 7.19. The number of fused-ring (bicyclic) bond motifs is 4. The number of rotatable bonds is 2. The molecule has 0 saturated carbocycles. The molecule has 0 radical (unpaired) electrons. The Balaban J connectivity index is 1.77. The summed E-state index contributed by atoms with van der Waals surface area (Å²) in [4.78, 5) is 1.36. The molecule has 0 fully saturated rings. The number of pyridine rings is 1. The average Bonchev–Trinajstić information content (AvgIpc) is 3.13. The summed E-state index contributed by atoms with van der Waals surface area (Å²) in [7, 11) is 2.18. The van der Waals surface area contributed by atoms with E-state index in [1.165, 1.54) is 58.9 Å². The average molecular weight is 495 g/mol. The number of hydrogen-bond donors (Lipinski definition) is 0. The minimum atomic E-state index is 0.127. The number of thiophene rings is 1. The highest BCUT2D eigenvalue weighted by Crippen LogP contribution is 2.55. The molecule has 3 heteroatoms. The molecule has 0 spiro atoms. The van der Waals surface area contributed by atoms with Crippen molar-refractivity contribution in [2.45, 2.75) is 61.3 Å². The second-order valence-corrected chi connectivity index (χ2v) is 14.1. The van der Waals surface area contributed by atoms with Crippen LogP contribution in [0, 0.1) is 17.8 Å². The van der Waals surface area contributed by atoms with E-state index in [1.54, 1.807) is 0 Å². The van der Waals surface area contributed by atoms with Crippen LogP contribution in [0.3, 0.4) is 0 Å². The van der Waals surface area contributed by atoms with Gasteiger partial charge in [0.1, 0.15) is 18.2 Å². The summed E-state index contributed by atoms with van der Waals surface area (Å²) in [6, 6.07) is 15.8. The van der Waals surface area contributed by atoms with Crippen LogP contribution >= 0.6 is 11.3 Å². The maximum atomic E-state index is 7.10. The molecule has 2 aromatic heterocycles. The van der Waals surface area contributed by atoms with Gasteiger partial charge < -0.3 is 4.74 Å². The van der Waals surface area contributed by atoms with Crippen LogP contribution in [-0.2, 0) is 19.9 Å². The molecular weight excluding hydrogens is 458 g/mol. The van der Waals surface area contributed by atoms with E-state index in [2.05, 4.69) is 109 Å². The Kier molecular flexibility index (Phi) is 5.08. The van der Waals surface area contributed by atoms with Gasteiger partial charge >= 0.3 is 0 Å². The van der Waals surface area contributed by atoms with E-state index >= 15 is 0 Å². The third-order valence-corrected chi connectivity index (χ3v) is 8.47. The van der Waals surface area contributed by atoms with Crippen molar-refractivity contribution in [3.63, 3.8) is 0 Å². The fourth-order valence-corrected chi connectivity index (χ4v) is 7.27. The van der Waals surface area contributed by atoms with E-state index in [0.717, 1.165) is 24.3 Å².